The number of Topliss-reactive ketones (excluding diaryl/α,β-unsaturated/α-hetero) is 1. The van der Waals surface area contributed by atoms with Crippen LogP contribution < -0.4 is 0 Å². The minimum absolute atomic E-state index is 0.313. The van der Waals surface area contributed by atoms with Crippen molar-refractivity contribution in [1.82, 2.24) is 0 Å². The molecule has 0 saturated heterocycles. The summed E-state index contributed by atoms with van der Waals surface area (Å²) in [5, 5.41) is 0. The molecule has 0 aromatic rings. The summed E-state index contributed by atoms with van der Waals surface area (Å²) in [6, 6.07) is 0. The number of fused-ring (bicyclic) bond motifs is 5. The molecule has 1 nitrogen and oxygen atoms in total. The molecular formula is C28H46O. The lowest BCUT2D eigenvalue weighted by molar-refractivity contribution is -0.123. The van der Waals surface area contributed by atoms with Crippen molar-refractivity contribution >= 4 is 5.78 Å². The van der Waals surface area contributed by atoms with Crippen LogP contribution in [-0.4, -0.2) is 5.78 Å². The molecule has 4 aliphatic rings. The molecule has 1 heteroatoms. The molecule has 0 aromatic heterocycles. The molecule has 0 heterocycles. The van der Waals surface area contributed by atoms with E-state index in [1.807, 2.05) is 0 Å². The van der Waals surface area contributed by atoms with Gasteiger partial charge in [0.15, 0.2) is 0 Å². The molecule has 4 aliphatic carbocycles. The Labute approximate surface area is 180 Å². The zero-order valence-corrected chi connectivity index (χ0v) is 20.1. The average molecular weight is 399 g/mol. The first-order valence-corrected chi connectivity index (χ1v) is 12.9. The van der Waals surface area contributed by atoms with Crippen LogP contribution in [0.1, 0.15) is 106 Å². The van der Waals surface area contributed by atoms with E-state index < -0.39 is 0 Å². The highest BCUT2D eigenvalue weighted by Crippen LogP contribution is 2.68. The minimum atomic E-state index is 0.313. The Morgan fingerprint density at radius 3 is 2.52 bits per heavy atom. The van der Waals surface area contributed by atoms with Gasteiger partial charge in [-0.1, -0.05) is 72.5 Å². The third-order valence-corrected chi connectivity index (χ3v) is 10.5. The molecule has 0 spiro atoms. The normalized spacial score (nSPS) is 45.4. The van der Waals surface area contributed by atoms with E-state index in [1.165, 1.54) is 50.5 Å². The van der Waals surface area contributed by atoms with E-state index in [0.29, 0.717) is 22.5 Å². The van der Waals surface area contributed by atoms with Crippen LogP contribution in [0.2, 0.25) is 0 Å². The summed E-state index contributed by atoms with van der Waals surface area (Å²) >= 11 is 0. The first-order valence-electron chi connectivity index (χ1n) is 12.9. The molecule has 3 fully saturated rings. The lowest BCUT2D eigenvalue weighted by Gasteiger charge is -2.59. The summed E-state index contributed by atoms with van der Waals surface area (Å²) in [4.78, 5) is 12.2. The fourth-order valence-electron chi connectivity index (χ4n) is 8.86. The van der Waals surface area contributed by atoms with Crippen LogP contribution in [0.4, 0.5) is 0 Å². The fourth-order valence-corrected chi connectivity index (χ4v) is 8.86. The molecule has 8 atom stereocenters. The van der Waals surface area contributed by atoms with E-state index >= 15 is 0 Å². The van der Waals surface area contributed by atoms with Crippen molar-refractivity contribution in [3.05, 3.63) is 11.6 Å². The largest absolute Gasteiger partial charge is 0.299 e. The van der Waals surface area contributed by atoms with Crippen molar-refractivity contribution in [2.45, 2.75) is 106 Å². The number of hydrogen-bond donors (Lipinski definition) is 0. The number of allylic oxidation sites excluding steroid dienone is 2. The topological polar surface area (TPSA) is 17.1 Å². The molecule has 0 radical (unpaired) electrons. The van der Waals surface area contributed by atoms with Crippen LogP contribution in [0.5, 0.6) is 0 Å². The Balaban J connectivity index is 1.54. The van der Waals surface area contributed by atoms with Gasteiger partial charge in [0.1, 0.15) is 5.78 Å². The van der Waals surface area contributed by atoms with Gasteiger partial charge in [0, 0.05) is 12.8 Å². The van der Waals surface area contributed by atoms with E-state index in [2.05, 4.69) is 47.6 Å². The van der Waals surface area contributed by atoms with Gasteiger partial charge in [0.05, 0.1) is 0 Å². The SMILES string of the molecule is CC(C)CCCC(C)C1CCC2C3C(C)C=C4CC(=O)CC[C@]4(C)C3CCC12C. The lowest BCUT2D eigenvalue weighted by atomic mass is 9.45. The van der Waals surface area contributed by atoms with Crippen LogP contribution in [0.25, 0.3) is 0 Å². The van der Waals surface area contributed by atoms with Crippen molar-refractivity contribution in [3.63, 3.8) is 0 Å². The summed E-state index contributed by atoms with van der Waals surface area (Å²) < 4.78 is 0. The average Bonchev–Trinajstić information content (AvgIpc) is 3.00. The predicted molar refractivity (Wildman–Crippen MR) is 123 cm³/mol. The summed E-state index contributed by atoms with van der Waals surface area (Å²) in [6.45, 7) is 15.0. The highest BCUT2D eigenvalue weighted by atomic mass is 16.1. The second-order valence-corrected chi connectivity index (χ2v) is 12.5. The van der Waals surface area contributed by atoms with Gasteiger partial charge < -0.3 is 0 Å². The fraction of sp³-hybridized carbons (Fsp3) is 0.893. The zero-order chi connectivity index (χ0) is 21.0. The lowest BCUT2D eigenvalue weighted by Crippen LogP contribution is -2.52. The van der Waals surface area contributed by atoms with Crippen LogP contribution in [-0.2, 0) is 4.79 Å². The number of hydrogen-bond acceptors (Lipinski definition) is 1. The number of ketones is 1. The first kappa shape index (κ1) is 21.6. The van der Waals surface area contributed by atoms with Crippen molar-refractivity contribution < 1.29 is 4.79 Å². The predicted octanol–water partition coefficient (Wildman–Crippen LogP) is 7.84. The van der Waals surface area contributed by atoms with Crippen molar-refractivity contribution in [1.29, 1.82) is 0 Å². The molecule has 0 amide bonds. The molecule has 164 valence electrons. The molecule has 29 heavy (non-hydrogen) atoms. The zero-order valence-electron chi connectivity index (χ0n) is 20.1. The summed E-state index contributed by atoms with van der Waals surface area (Å²) in [5.74, 6) is 6.37. The molecular weight excluding hydrogens is 352 g/mol. The van der Waals surface area contributed by atoms with E-state index in [0.717, 1.165) is 54.8 Å². The molecule has 7 unspecified atom stereocenters. The molecule has 0 aromatic carbocycles. The van der Waals surface area contributed by atoms with Crippen LogP contribution in [0.3, 0.4) is 0 Å². The Morgan fingerprint density at radius 2 is 1.79 bits per heavy atom. The number of rotatable bonds is 5. The Hall–Kier alpha value is -0.590. The van der Waals surface area contributed by atoms with E-state index in [-0.39, 0.29) is 0 Å². The van der Waals surface area contributed by atoms with E-state index in [9.17, 15) is 4.79 Å². The maximum Gasteiger partial charge on any atom is 0.136 e. The van der Waals surface area contributed by atoms with Gasteiger partial charge in [-0.25, -0.2) is 0 Å². The molecule has 3 saturated carbocycles. The van der Waals surface area contributed by atoms with Crippen LogP contribution in [0, 0.1) is 52.3 Å². The van der Waals surface area contributed by atoms with Crippen molar-refractivity contribution in [2.24, 2.45) is 52.3 Å². The second kappa shape index (κ2) is 7.83. The van der Waals surface area contributed by atoms with Crippen molar-refractivity contribution in [2.75, 3.05) is 0 Å². The van der Waals surface area contributed by atoms with E-state index in [1.54, 1.807) is 0 Å². The Kier molecular flexibility index (Phi) is 5.84. The quantitative estimate of drug-likeness (QED) is 0.431. The summed E-state index contributed by atoms with van der Waals surface area (Å²) in [6.07, 6.45) is 15.3. The van der Waals surface area contributed by atoms with Gasteiger partial charge in [0.2, 0.25) is 0 Å². The summed E-state index contributed by atoms with van der Waals surface area (Å²) in [7, 11) is 0. The summed E-state index contributed by atoms with van der Waals surface area (Å²) in [5.41, 5.74) is 2.38. The maximum atomic E-state index is 12.2. The van der Waals surface area contributed by atoms with Gasteiger partial charge in [-0.3, -0.25) is 4.79 Å². The standard InChI is InChI=1S/C28H46O/c1-18(2)8-7-9-19(3)23-10-11-24-26-20(4)16-21-17-22(29)12-14-27(21,5)25(26)13-15-28(23,24)6/h16,18-20,23-26H,7-15,17H2,1-6H3/t19?,20?,23?,24?,25?,26?,27-,28?/m0/s1. The molecule has 4 rings (SSSR count). The molecule has 0 bridgehead atoms. The number of carbonyl (C=O) groups is 1. The van der Waals surface area contributed by atoms with Gasteiger partial charge in [0.25, 0.3) is 0 Å². The third kappa shape index (κ3) is 3.57. The van der Waals surface area contributed by atoms with Gasteiger partial charge in [-0.05, 0) is 84.4 Å². The van der Waals surface area contributed by atoms with Crippen LogP contribution >= 0.6 is 0 Å². The monoisotopic (exact) mass is 398 g/mol. The van der Waals surface area contributed by atoms with Crippen LogP contribution in [0.15, 0.2) is 11.6 Å². The maximum absolute atomic E-state index is 12.2. The van der Waals surface area contributed by atoms with Gasteiger partial charge in [-0.2, -0.15) is 0 Å². The molecule has 0 N–H and O–H groups in total. The van der Waals surface area contributed by atoms with Gasteiger partial charge >= 0.3 is 0 Å². The Morgan fingerprint density at radius 1 is 1.03 bits per heavy atom. The Bertz CT molecular complexity index is 659. The highest BCUT2D eigenvalue weighted by Gasteiger charge is 2.60. The first-order chi connectivity index (χ1) is 13.7. The smallest absolute Gasteiger partial charge is 0.136 e. The van der Waals surface area contributed by atoms with Gasteiger partial charge in [-0.15, -0.1) is 0 Å². The highest BCUT2D eigenvalue weighted by molar-refractivity contribution is 5.82. The van der Waals surface area contributed by atoms with Crippen molar-refractivity contribution in [3.8, 4) is 0 Å². The second-order valence-electron chi connectivity index (χ2n) is 12.5. The third-order valence-electron chi connectivity index (χ3n) is 10.5. The van der Waals surface area contributed by atoms with E-state index in [4.69, 9.17) is 0 Å². The molecule has 0 aliphatic heterocycles. The number of carbonyl (C=O) groups excluding carboxylic acids is 1. The minimum Gasteiger partial charge on any atom is -0.299 e.